The summed E-state index contributed by atoms with van der Waals surface area (Å²) in [6.45, 7) is 5.34. The maximum absolute atomic E-state index is 14.6. The summed E-state index contributed by atoms with van der Waals surface area (Å²) < 4.78 is 31.9. The number of aromatic nitrogens is 5. The zero-order valence-corrected chi connectivity index (χ0v) is 21.0. The number of ether oxygens (including phenoxy) is 3. The maximum Gasteiger partial charge on any atom is 0.253 e. The minimum atomic E-state index is -0.498. The second-order valence-electron chi connectivity index (χ2n) is 9.36. The summed E-state index contributed by atoms with van der Waals surface area (Å²) in [7, 11) is 1.56. The van der Waals surface area contributed by atoms with Gasteiger partial charge in [0.2, 0.25) is 0 Å². The van der Waals surface area contributed by atoms with Crippen LogP contribution >= 0.6 is 0 Å². The van der Waals surface area contributed by atoms with Gasteiger partial charge in [0.25, 0.3) is 5.91 Å². The number of carbonyl (C=O) groups is 1. The summed E-state index contributed by atoms with van der Waals surface area (Å²) in [6, 6.07) is 10.7. The molecule has 2 aromatic heterocycles. The molecule has 0 aliphatic carbocycles. The zero-order valence-electron chi connectivity index (χ0n) is 21.0. The molecular formula is C26H28FN7O4. The lowest BCUT2D eigenvalue weighted by atomic mass is 10.1. The third kappa shape index (κ3) is 4.73. The van der Waals surface area contributed by atoms with Crippen LogP contribution in [0.4, 0.5) is 4.39 Å². The molecule has 0 radical (unpaired) electrons. The van der Waals surface area contributed by atoms with E-state index < -0.39 is 5.82 Å². The van der Waals surface area contributed by atoms with E-state index in [9.17, 15) is 9.18 Å². The van der Waals surface area contributed by atoms with Crippen molar-refractivity contribution in [2.45, 2.75) is 6.04 Å². The third-order valence-corrected chi connectivity index (χ3v) is 7.01. The fraction of sp³-hybridized carbons (Fsp3) is 0.385. The van der Waals surface area contributed by atoms with Crippen molar-refractivity contribution in [2.24, 2.45) is 0 Å². The van der Waals surface area contributed by atoms with Crippen LogP contribution in [-0.2, 0) is 9.47 Å². The molecule has 0 saturated carbocycles. The zero-order chi connectivity index (χ0) is 26.1. The first-order valence-corrected chi connectivity index (χ1v) is 12.5. The largest absolute Gasteiger partial charge is 0.488 e. The van der Waals surface area contributed by atoms with E-state index in [2.05, 4.69) is 25.4 Å². The molecule has 198 valence electrons. The Kier molecular flexibility index (Phi) is 6.75. The van der Waals surface area contributed by atoms with Crippen molar-refractivity contribution in [3.05, 3.63) is 54.0 Å². The quantitative estimate of drug-likeness (QED) is 0.351. The van der Waals surface area contributed by atoms with Crippen LogP contribution in [0.1, 0.15) is 10.4 Å². The number of amides is 1. The predicted molar refractivity (Wildman–Crippen MR) is 136 cm³/mol. The molecule has 2 saturated heterocycles. The first kappa shape index (κ1) is 24.5. The molecular weight excluding hydrogens is 493 g/mol. The normalized spacial score (nSPS) is 16.6. The van der Waals surface area contributed by atoms with E-state index in [1.807, 2.05) is 17.0 Å². The number of carbonyl (C=O) groups excluding carboxylic acids is 1. The summed E-state index contributed by atoms with van der Waals surface area (Å²) in [5, 5.41) is 16.2. The molecule has 4 heterocycles. The van der Waals surface area contributed by atoms with Crippen molar-refractivity contribution >= 4 is 16.8 Å². The van der Waals surface area contributed by atoms with E-state index in [4.69, 9.17) is 14.2 Å². The number of benzene rings is 2. The Balaban J connectivity index is 1.14. The number of hydrogen-bond donors (Lipinski definition) is 1. The minimum Gasteiger partial charge on any atom is -0.488 e. The van der Waals surface area contributed by atoms with Gasteiger partial charge in [-0.2, -0.15) is 5.10 Å². The van der Waals surface area contributed by atoms with Crippen LogP contribution in [0.3, 0.4) is 0 Å². The van der Waals surface area contributed by atoms with Crippen molar-refractivity contribution in [1.82, 2.24) is 35.0 Å². The molecule has 12 heteroatoms. The van der Waals surface area contributed by atoms with Gasteiger partial charge >= 0.3 is 0 Å². The number of piperazine rings is 1. The average Bonchev–Trinajstić information content (AvgIpc) is 3.55. The second kappa shape index (κ2) is 10.5. The fourth-order valence-electron chi connectivity index (χ4n) is 4.72. The Morgan fingerprint density at radius 2 is 1.92 bits per heavy atom. The standard InChI is InChI=1S/C26H28FN7O4/c1-36-10-11-38-24-13-22-20(12-21(24)27)25(30-28-22)23-14-34(31-29-23)18-4-2-17(3-5-18)26(35)33-8-6-32(7-9-33)19-15-37-16-19/h2-5,12-14,19H,6-11,15-16H2,1H3,(H,28,30). The molecule has 2 aliphatic heterocycles. The number of fused-ring (bicyclic) bond motifs is 1. The van der Waals surface area contributed by atoms with Crippen molar-refractivity contribution in [2.75, 3.05) is 59.7 Å². The number of methoxy groups -OCH3 is 1. The first-order chi connectivity index (χ1) is 18.6. The molecule has 0 atom stereocenters. The molecule has 6 rings (SSSR count). The molecule has 2 aromatic carbocycles. The predicted octanol–water partition coefficient (Wildman–Crippen LogP) is 2.13. The van der Waals surface area contributed by atoms with E-state index in [1.54, 1.807) is 36.2 Å². The molecule has 0 spiro atoms. The van der Waals surface area contributed by atoms with Crippen LogP contribution in [0.5, 0.6) is 5.75 Å². The molecule has 0 bridgehead atoms. The summed E-state index contributed by atoms with van der Waals surface area (Å²) in [5.41, 5.74) is 2.96. The van der Waals surface area contributed by atoms with E-state index in [0.717, 1.165) is 32.0 Å². The van der Waals surface area contributed by atoms with Gasteiger partial charge in [0, 0.05) is 50.3 Å². The van der Waals surface area contributed by atoms with Crippen LogP contribution in [0.15, 0.2) is 42.6 Å². The highest BCUT2D eigenvalue weighted by molar-refractivity contribution is 5.94. The Morgan fingerprint density at radius 1 is 1.13 bits per heavy atom. The lowest BCUT2D eigenvalue weighted by Gasteiger charge is -2.42. The van der Waals surface area contributed by atoms with Crippen LogP contribution in [0.2, 0.25) is 0 Å². The molecule has 2 fully saturated rings. The van der Waals surface area contributed by atoms with Gasteiger partial charge in [-0.1, -0.05) is 5.21 Å². The SMILES string of the molecule is COCCOc1cc2[nH]nc(-c3cn(-c4ccc(C(=O)N5CCN(C6COC6)CC5)cc4)nn3)c2cc1F. The number of nitrogens with one attached hydrogen (secondary N) is 1. The lowest BCUT2D eigenvalue weighted by molar-refractivity contribution is -0.0746. The summed E-state index contributed by atoms with van der Waals surface area (Å²) in [6.07, 6.45) is 1.72. The van der Waals surface area contributed by atoms with Crippen molar-refractivity contribution < 1.29 is 23.4 Å². The van der Waals surface area contributed by atoms with E-state index in [0.29, 0.717) is 53.6 Å². The summed E-state index contributed by atoms with van der Waals surface area (Å²) in [4.78, 5) is 17.3. The van der Waals surface area contributed by atoms with Crippen LogP contribution < -0.4 is 4.74 Å². The van der Waals surface area contributed by atoms with E-state index in [1.165, 1.54) is 6.07 Å². The second-order valence-corrected chi connectivity index (χ2v) is 9.36. The Hall–Kier alpha value is -3.87. The summed E-state index contributed by atoms with van der Waals surface area (Å²) >= 11 is 0. The van der Waals surface area contributed by atoms with Gasteiger partial charge in [0.1, 0.15) is 18.0 Å². The number of aromatic amines is 1. The Bertz CT molecular complexity index is 1430. The van der Waals surface area contributed by atoms with Gasteiger partial charge in [-0.05, 0) is 30.3 Å². The average molecular weight is 522 g/mol. The van der Waals surface area contributed by atoms with Crippen LogP contribution in [0, 0.1) is 5.82 Å². The van der Waals surface area contributed by atoms with Gasteiger partial charge in [-0.25, -0.2) is 9.07 Å². The lowest BCUT2D eigenvalue weighted by Crippen LogP contribution is -2.57. The number of H-pyrrole nitrogens is 1. The third-order valence-electron chi connectivity index (χ3n) is 7.01. The molecule has 1 amide bonds. The van der Waals surface area contributed by atoms with Gasteiger partial charge in [0.15, 0.2) is 11.6 Å². The minimum absolute atomic E-state index is 0.0240. The molecule has 0 unspecified atom stereocenters. The Labute approximate surface area is 218 Å². The first-order valence-electron chi connectivity index (χ1n) is 12.5. The number of halogens is 1. The Morgan fingerprint density at radius 3 is 2.63 bits per heavy atom. The highest BCUT2D eigenvalue weighted by Gasteiger charge is 2.30. The van der Waals surface area contributed by atoms with Crippen LogP contribution in [0.25, 0.3) is 28.0 Å². The highest BCUT2D eigenvalue weighted by atomic mass is 19.1. The molecule has 1 N–H and O–H groups in total. The number of rotatable bonds is 8. The molecule has 2 aliphatic rings. The molecule has 4 aromatic rings. The van der Waals surface area contributed by atoms with Crippen molar-refractivity contribution in [3.8, 4) is 22.8 Å². The fourth-order valence-corrected chi connectivity index (χ4v) is 4.72. The maximum atomic E-state index is 14.6. The van der Waals surface area contributed by atoms with E-state index >= 15 is 0 Å². The van der Waals surface area contributed by atoms with Gasteiger partial charge < -0.3 is 19.1 Å². The molecule has 38 heavy (non-hydrogen) atoms. The van der Waals surface area contributed by atoms with Crippen molar-refractivity contribution in [1.29, 1.82) is 0 Å². The summed E-state index contributed by atoms with van der Waals surface area (Å²) in [5.74, 6) is -0.351. The van der Waals surface area contributed by atoms with Gasteiger partial charge in [0.05, 0.1) is 43.3 Å². The smallest absolute Gasteiger partial charge is 0.253 e. The van der Waals surface area contributed by atoms with Gasteiger partial charge in [-0.3, -0.25) is 14.8 Å². The number of hydrogen-bond acceptors (Lipinski definition) is 8. The highest BCUT2D eigenvalue weighted by Crippen LogP contribution is 2.30. The topological polar surface area (TPSA) is 111 Å². The monoisotopic (exact) mass is 521 g/mol. The van der Waals surface area contributed by atoms with E-state index in [-0.39, 0.29) is 18.3 Å². The molecule has 11 nitrogen and oxygen atoms in total. The van der Waals surface area contributed by atoms with Crippen molar-refractivity contribution in [3.63, 3.8) is 0 Å². The van der Waals surface area contributed by atoms with Crippen LogP contribution in [-0.4, -0.2) is 107 Å². The number of nitrogens with zero attached hydrogens (tertiary/aromatic N) is 6. The van der Waals surface area contributed by atoms with Gasteiger partial charge in [-0.15, -0.1) is 5.10 Å².